The number of hydrogen-bond acceptors (Lipinski definition) is 19. The number of carbonyl (C=O) groups excluding carboxylic acids is 3. The Morgan fingerprint density at radius 3 is 1.20 bits per heavy atom. The van der Waals surface area contributed by atoms with Gasteiger partial charge in [-0.05, 0) is 85.0 Å². The van der Waals surface area contributed by atoms with Gasteiger partial charge >= 0.3 is 13.8 Å². The maximum Gasteiger partial charge on any atom is 0.588 e. The lowest BCUT2D eigenvalue weighted by Crippen LogP contribution is -2.68. The van der Waals surface area contributed by atoms with Crippen LogP contribution in [0.5, 0.6) is 11.5 Å². The van der Waals surface area contributed by atoms with Gasteiger partial charge < -0.3 is 76.9 Å². The van der Waals surface area contributed by atoms with Crippen LogP contribution in [0.4, 0.5) is 0 Å². The zero-order chi connectivity index (χ0) is 93.4. The van der Waals surface area contributed by atoms with Gasteiger partial charge in [-0.3, -0.25) is 14.1 Å². The van der Waals surface area contributed by atoms with Crippen molar-refractivity contribution in [2.75, 3.05) is 46.8 Å². The lowest BCUT2D eigenvalue weighted by atomic mass is 9.95. The summed E-state index contributed by atoms with van der Waals surface area (Å²) in [4.78, 5) is 44.5. The molecule has 2 aliphatic rings. The van der Waals surface area contributed by atoms with E-state index in [0.717, 1.165) is 119 Å². The molecule has 22 heteroatoms. The summed E-state index contributed by atoms with van der Waals surface area (Å²) in [5.74, 6) is -1.27. The van der Waals surface area contributed by atoms with Gasteiger partial charge in [-0.1, -0.05) is 417 Å². The molecule has 0 radical (unpaired) electrons. The van der Waals surface area contributed by atoms with Crippen LogP contribution in [-0.2, 0) is 88.8 Å². The largest absolute Gasteiger partial charge is 0.588 e. The van der Waals surface area contributed by atoms with Crippen LogP contribution < -0.4 is 19.7 Å². The standard InChI is InChI=1S/C110H167N2O19P/c1-7-11-15-19-23-27-31-35-39-61-79-119-93(70-54-36-32-28-24-20-16-12-8-2)77-81-121-108-103(111-88(5)113)110(127-99(85-118-6)106(108)131-132(117,129-95-72-57-44-58-73-95)130-96-74-59-45-60-75-96)124-86-98-104(116)107(120-80-78-94(122-83-89-62-46-40-47-63-89)71-55-37-33-29-25-21-17-13-9-3)102(109(126-98)125-87-101(115)128-105(91-66-50-42-51-67-91)92-68-52-43-53-69-92)112-100(114)82-97(123-84-90-64-48-41-49-65-90)76-56-38-34-30-26-22-18-14-10-4/h40-53,57-60,62-69,72-75,93-94,97-99,102-110,116H,7-39,54-56,61,70-71,76-87H2,1-6H3,(H,111,113)(H,112,114)/t93-,94-,97-,98-,99-,102-,103-,104-,106+,107-,108-,109+,110-/m1/s1. The first kappa shape index (κ1) is 110. The number of ether oxygens (including phenoxy) is 11. The van der Waals surface area contributed by atoms with Crippen LogP contribution in [0, 0.1) is 0 Å². The number of aliphatic hydroxyl groups is 1. The molecule has 2 heterocycles. The number of phosphoric acid groups is 1. The van der Waals surface area contributed by atoms with Gasteiger partial charge in [0.05, 0.1) is 51.2 Å². The summed E-state index contributed by atoms with van der Waals surface area (Å²) in [7, 11) is -3.30. The van der Waals surface area contributed by atoms with E-state index in [0.29, 0.717) is 32.5 Å². The van der Waals surface area contributed by atoms with Gasteiger partial charge in [-0.2, -0.15) is 0 Å². The highest BCUT2D eigenvalue weighted by Gasteiger charge is 2.54. The molecule has 6 aromatic carbocycles. The van der Waals surface area contributed by atoms with E-state index in [1.807, 2.05) is 121 Å². The third-order valence-electron chi connectivity index (χ3n) is 25.1. The fourth-order valence-corrected chi connectivity index (χ4v) is 19.0. The second-order valence-corrected chi connectivity index (χ2v) is 37.8. The lowest BCUT2D eigenvalue weighted by molar-refractivity contribution is -0.308. The van der Waals surface area contributed by atoms with Gasteiger partial charge in [0, 0.05) is 33.9 Å². The number of hydrogen-bond donors (Lipinski definition) is 3. The highest BCUT2D eigenvalue weighted by Crippen LogP contribution is 2.53. The van der Waals surface area contributed by atoms with E-state index >= 15 is 9.36 Å². The van der Waals surface area contributed by atoms with Crippen molar-refractivity contribution in [3.05, 3.63) is 204 Å². The van der Waals surface area contributed by atoms with Crippen LogP contribution >= 0.6 is 7.82 Å². The number of esters is 1. The number of para-hydroxylation sites is 2. The minimum Gasteiger partial charge on any atom is -0.451 e. The van der Waals surface area contributed by atoms with Gasteiger partial charge in [0.1, 0.15) is 66.8 Å². The second kappa shape index (κ2) is 69.0. The van der Waals surface area contributed by atoms with Crippen molar-refractivity contribution in [2.45, 2.75) is 410 Å². The third kappa shape index (κ3) is 45.4. The third-order valence-corrected chi connectivity index (χ3v) is 26.4. The zero-order valence-corrected chi connectivity index (χ0v) is 82.1. The molecule has 0 aliphatic carbocycles. The molecule has 736 valence electrons. The Kier molecular flexibility index (Phi) is 57.7. The Labute approximate surface area is 793 Å². The predicted octanol–water partition coefficient (Wildman–Crippen LogP) is 25.6. The summed E-state index contributed by atoms with van der Waals surface area (Å²) in [6.45, 7) is 10.4. The number of nitrogens with one attached hydrogen (secondary N) is 2. The van der Waals surface area contributed by atoms with Crippen LogP contribution in [0.1, 0.15) is 339 Å². The Bertz CT molecular complexity index is 3800. The highest BCUT2D eigenvalue weighted by molar-refractivity contribution is 7.49. The average molecular weight is 1850 g/mol. The molecular weight excluding hydrogens is 1680 g/mol. The van der Waals surface area contributed by atoms with Gasteiger partial charge in [-0.15, -0.1) is 0 Å². The van der Waals surface area contributed by atoms with E-state index in [-0.39, 0.29) is 56.6 Å². The Balaban J connectivity index is 1.15. The van der Waals surface area contributed by atoms with Gasteiger partial charge in [0.25, 0.3) is 0 Å². The summed E-state index contributed by atoms with van der Waals surface area (Å²) in [6.07, 6.45) is 33.3. The summed E-state index contributed by atoms with van der Waals surface area (Å²) in [5, 5.41) is 19.9. The summed E-state index contributed by atoms with van der Waals surface area (Å²) in [5.41, 5.74) is 3.46. The first-order valence-electron chi connectivity index (χ1n) is 51.3. The second-order valence-electron chi connectivity index (χ2n) is 36.3. The van der Waals surface area contributed by atoms with Gasteiger partial charge in [0.2, 0.25) is 11.8 Å². The van der Waals surface area contributed by atoms with E-state index in [2.05, 4.69) is 50.5 Å². The molecule has 6 aromatic rings. The first-order chi connectivity index (χ1) is 64.8. The number of unbranched alkanes of at least 4 members (excludes halogenated alkanes) is 33. The molecule has 132 heavy (non-hydrogen) atoms. The molecule has 0 saturated carbocycles. The normalized spacial score (nSPS) is 19.4. The monoisotopic (exact) mass is 1850 g/mol. The molecule has 2 amide bonds. The molecule has 0 unspecified atom stereocenters. The molecular formula is C110H167N2O19P. The highest BCUT2D eigenvalue weighted by atomic mass is 31.2. The molecule has 2 fully saturated rings. The fourth-order valence-electron chi connectivity index (χ4n) is 17.6. The fraction of sp³-hybridized carbons (Fsp3) is 0.645. The predicted molar refractivity (Wildman–Crippen MR) is 525 cm³/mol. The molecule has 3 N–H and O–H groups in total. The van der Waals surface area contributed by atoms with Crippen molar-refractivity contribution >= 4 is 25.6 Å². The molecule has 0 aromatic heterocycles. The maximum atomic E-state index is 15.9. The Morgan fingerprint density at radius 2 is 0.758 bits per heavy atom. The number of amides is 2. The SMILES string of the molecule is CCCCCCCCCCCCO[C@H](CCCCCCCCCCC)CCO[C@@H]1[C@@H](NC(C)=O)[C@H](OC[C@H]2O[C@H](OCC(=O)OC(c3ccccc3)c3ccccc3)[C@H](NC(=O)C[C@@H](CCCCCCCCCCC)OCc3ccccc3)[C@@H](OCC[C@@H](CCCCCCCCCCC)OCc3ccccc3)[C@@H]2O)O[C@H](COC)[C@@H]1OP(=O)(Oc1ccccc1)Oc1ccccc1. The van der Waals surface area contributed by atoms with Crippen molar-refractivity contribution < 1.29 is 89.7 Å². The summed E-state index contributed by atoms with van der Waals surface area (Å²) in [6, 6.07) is 53.6. The topological polar surface area (TPSA) is 242 Å². The lowest BCUT2D eigenvalue weighted by Gasteiger charge is -2.47. The van der Waals surface area contributed by atoms with Crippen molar-refractivity contribution in [1.82, 2.24) is 10.6 Å². The van der Waals surface area contributed by atoms with E-state index in [1.54, 1.807) is 48.5 Å². The molecule has 2 saturated heterocycles. The van der Waals surface area contributed by atoms with E-state index in [4.69, 9.17) is 65.7 Å². The van der Waals surface area contributed by atoms with Crippen molar-refractivity contribution in [2.24, 2.45) is 0 Å². The average Bonchev–Trinajstić information content (AvgIpc) is 0.786. The van der Waals surface area contributed by atoms with E-state index in [9.17, 15) is 14.7 Å². The van der Waals surface area contributed by atoms with E-state index < -0.39 is 112 Å². The van der Waals surface area contributed by atoms with Crippen LogP contribution in [0.3, 0.4) is 0 Å². The molecule has 13 atom stereocenters. The summed E-state index contributed by atoms with van der Waals surface area (Å²) >= 11 is 0. The number of benzene rings is 6. The Hall–Kier alpha value is -6.92. The number of phosphoric ester groups is 1. The smallest absolute Gasteiger partial charge is 0.451 e. The van der Waals surface area contributed by atoms with E-state index in [1.165, 1.54) is 168 Å². The van der Waals surface area contributed by atoms with Gasteiger partial charge in [0.15, 0.2) is 18.7 Å². The van der Waals surface area contributed by atoms with Gasteiger partial charge in [-0.25, -0.2) is 9.36 Å². The Morgan fingerprint density at radius 1 is 0.386 bits per heavy atom. The number of aliphatic hydroxyl groups excluding tert-OH is 1. The van der Waals surface area contributed by atoms with Crippen molar-refractivity contribution in [3.8, 4) is 11.5 Å². The van der Waals surface area contributed by atoms with Crippen molar-refractivity contribution in [3.63, 3.8) is 0 Å². The van der Waals surface area contributed by atoms with Crippen LogP contribution in [0.15, 0.2) is 182 Å². The molecule has 8 rings (SSSR count). The molecule has 21 nitrogen and oxygen atoms in total. The maximum absolute atomic E-state index is 15.9. The molecule has 0 spiro atoms. The minimum absolute atomic E-state index is 0.0518. The number of methoxy groups -OCH3 is 1. The number of rotatable bonds is 77. The van der Waals surface area contributed by atoms with Crippen LogP contribution in [-0.4, -0.2) is 149 Å². The van der Waals surface area contributed by atoms with Crippen LogP contribution in [0.25, 0.3) is 0 Å². The molecule has 2 aliphatic heterocycles. The quantitative estimate of drug-likeness (QED) is 0.0183. The van der Waals surface area contributed by atoms with Crippen molar-refractivity contribution in [1.29, 1.82) is 0 Å². The molecule has 0 bridgehead atoms. The van der Waals surface area contributed by atoms with Crippen LogP contribution in [0.2, 0.25) is 0 Å². The zero-order valence-electron chi connectivity index (χ0n) is 81.2. The summed E-state index contributed by atoms with van der Waals surface area (Å²) < 4.78 is 110. The number of carbonyl (C=O) groups is 3. The minimum atomic E-state index is -4.80. The first-order valence-corrected chi connectivity index (χ1v) is 52.7.